The fraction of sp³-hybridized carbons (Fsp3) is 0.294. The molecule has 1 aliphatic carbocycles. The van der Waals surface area contributed by atoms with Crippen molar-refractivity contribution in [3.8, 4) is 23.1 Å². The number of aryl methyl sites for hydroxylation is 2. The van der Waals surface area contributed by atoms with Gasteiger partial charge in [-0.2, -0.15) is 5.26 Å². The Bertz CT molecular complexity index is 762. The number of pyridine rings is 1. The van der Waals surface area contributed by atoms with Gasteiger partial charge in [0.1, 0.15) is 11.8 Å². The zero-order chi connectivity index (χ0) is 15.0. The monoisotopic (exact) mass is 296 g/mol. The van der Waals surface area contributed by atoms with E-state index >= 15 is 0 Å². The number of ether oxygens (including phenoxy) is 1. The van der Waals surface area contributed by atoms with Gasteiger partial charge in [0.05, 0.1) is 24.1 Å². The van der Waals surface area contributed by atoms with E-state index in [1.165, 1.54) is 16.7 Å². The van der Waals surface area contributed by atoms with E-state index in [0.717, 1.165) is 40.4 Å². The largest absolute Gasteiger partial charge is 0.497 e. The van der Waals surface area contributed by atoms with E-state index in [9.17, 15) is 5.26 Å². The normalized spacial score (nSPS) is 12.3. The van der Waals surface area contributed by atoms with Crippen LogP contribution in [0.3, 0.4) is 0 Å². The van der Waals surface area contributed by atoms with E-state index in [2.05, 4.69) is 18.2 Å². The van der Waals surface area contributed by atoms with Gasteiger partial charge in [-0.25, -0.2) is 0 Å². The SMILES string of the molecule is COc1ccc2c(c1)CCc1c-2nc(C)c(C#N)c1SC. The summed E-state index contributed by atoms with van der Waals surface area (Å²) in [6.45, 7) is 1.91. The number of thioether (sulfide) groups is 1. The number of aromatic nitrogens is 1. The molecule has 0 atom stereocenters. The summed E-state index contributed by atoms with van der Waals surface area (Å²) in [7, 11) is 1.69. The molecule has 3 rings (SSSR count). The zero-order valence-electron chi connectivity index (χ0n) is 12.4. The predicted octanol–water partition coefficient (Wildman–Crippen LogP) is 3.76. The Hall–Kier alpha value is -1.99. The van der Waals surface area contributed by atoms with E-state index in [-0.39, 0.29) is 0 Å². The van der Waals surface area contributed by atoms with Gasteiger partial charge in [0.25, 0.3) is 0 Å². The maximum atomic E-state index is 9.38. The van der Waals surface area contributed by atoms with Crippen LogP contribution >= 0.6 is 11.8 Å². The van der Waals surface area contributed by atoms with Gasteiger partial charge in [-0.3, -0.25) is 4.98 Å². The fourth-order valence-corrected chi connectivity index (χ4v) is 3.76. The molecular weight excluding hydrogens is 280 g/mol. The summed E-state index contributed by atoms with van der Waals surface area (Å²) in [4.78, 5) is 5.80. The molecule has 0 saturated carbocycles. The van der Waals surface area contributed by atoms with Crippen LogP contribution in [-0.2, 0) is 12.8 Å². The molecule has 1 aliphatic rings. The summed E-state index contributed by atoms with van der Waals surface area (Å²) in [5.74, 6) is 0.882. The third-order valence-corrected chi connectivity index (χ3v) is 4.81. The minimum atomic E-state index is 0.721. The lowest BCUT2D eigenvalue weighted by Crippen LogP contribution is -2.10. The second-order valence-electron chi connectivity index (χ2n) is 5.07. The van der Waals surface area contributed by atoms with Gasteiger partial charge in [0.15, 0.2) is 0 Å². The van der Waals surface area contributed by atoms with Gasteiger partial charge >= 0.3 is 0 Å². The minimum Gasteiger partial charge on any atom is -0.497 e. The van der Waals surface area contributed by atoms with Crippen molar-refractivity contribution < 1.29 is 4.74 Å². The van der Waals surface area contributed by atoms with Gasteiger partial charge in [-0.05, 0) is 55.3 Å². The van der Waals surface area contributed by atoms with Crippen LogP contribution in [-0.4, -0.2) is 18.3 Å². The summed E-state index contributed by atoms with van der Waals surface area (Å²) < 4.78 is 5.31. The number of benzene rings is 1. The first-order valence-electron chi connectivity index (χ1n) is 6.84. The number of fused-ring (bicyclic) bond motifs is 3. The van der Waals surface area contributed by atoms with Crippen molar-refractivity contribution in [1.29, 1.82) is 5.26 Å². The van der Waals surface area contributed by atoms with Gasteiger partial charge in [0, 0.05) is 10.5 Å². The summed E-state index contributed by atoms with van der Waals surface area (Å²) in [6, 6.07) is 8.45. The molecule has 1 aromatic carbocycles. The number of nitriles is 1. The molecular formula is C17H16N2OS. The van der Waals surface area contributed by atoms with Crippen LogP contribution in [0.1, 0.15) is 22.4 Å². The molecule has 0 spiro atoms. The summed E-state index contributed by atoms with van der Waals surface area (Å²) in [5, 5.41) is 9.38. The molecule has 21 heavy (non-hydrogen) atoms. The smallest absolute Gasteiger partial charge is 0.119 e. The lowest BCUT2D eigenvalue weighted by atomic mass is 9.88. The number of hydrogen-bond acceptors (Lipinski definition) is 4. The van der Waals surface area contributed by atoms with Gasteiger partial charge in [0.2, 0.25) is 0 Å². The number of nitrogens with zero attached hydrogens (tertiary/aromatic N) is 2. The van der Waals surface area contributed by atoms with Crippen molar-refractivity contribution in [2.45, 2.75) is 24.7 Å². The van der Waals surface area contributed by atoms with E-state index in [1.807, 2.05) is 19.2 Å². The summed E-state index contributed by atoms with van der Waals surface area (Å²) >= 11 is 1.64. The van der Waals surface area contributed by atoms with Crippen LogP contribution < -0.4 is 4.74 Å². The molecule has 4 heteroatoms. The third kappa shape index (κ3) is 2.18. The molecule has 1 heterocycles. The molecule has 1 aromatic heterocycles. The second kappa shape index (κ2) is 5.42. The molecule has 0 aliphatic heterocycles. The van der Waals surface area contributed by atoms with E-state index < -0.39 is 0 Å². The zero-order valence-corrected chi connectivity index (χ0v) is 13.2. The minimum absolute atomic E-state index is 0.721. The molecule has 2 aromatic rings. The second-order valence-corrected chi connectivity index (χ2v) is 5.88. The molecule has 0 amide bonds. The topological polar surface area (TPSA) is 45.9 Å². The first kappa shape index (κ1) is 14.0. The Kier molecular flexibility index (Phi) is 3.60. The lowest BCUT2D eigenvalue weighted by molar-refractivity contribution is 0.414. The molecule has 106 valence electrons. The molecule has 0 N–H and O–H groups in total. The highest BCUT2D eigenvalue weighted by molar-refractivity contribution is 7.98. The molecule has 0 fully saturated rings. The highest BCUT2D eigenvalue weighted by atomic mass is 32.2. The maximum absolute atomic E-state index is 9.38. The molecule has 0 radical (unpaired) electrons. The van der Waals surface area contributed by atoms with Gasteiger partial charge in [-0.15, -0.1) is 11.8 Å². The van der Waals surface area contributed by atoms with E-state index in [4.69, 9.17) is 9.72 Å². The van der Waals surface area contributed by atoms with Crippen molar-refractivity contribution in [3.05, 3.63) is 40.6 Å². The predicted molar refractivity (Wildman–Crippen MR) is 84.9 cm³/mol. The molecule has 0 bridgehead atoms. The van der Waals surface area contributed by atoms with Crippen LogP contribution in [0.5, 0.6) is 5.75 Å². The quantitative estimate of drug-likeness (QED) is 0.792. The van der Waals surface area contributed by atoms with Crippen molar-refractivity contribution in [3.63, 3.8) is 0 Å². The lowest BCUT2D eigenvalue weighted by Gasteiger charge is -2.23. The Morgan fingerprint density at radius 2 is 2.14 bits per heavy atom. The van der Waals surface area contributed by atoms with Gasteiger partial charge in [-0.1, -0.05) is 0 Å². The molecule has 3 nitrogen and oxygen atoms in total. The van der Waals surface area contributed by atoms with Crippen LogP contribution in [0, 0.1) is 18.3 Å². The first-order valence-corrected chi connectivity index (χ1v) is 8.07. The average Bonchev–Trinajstić information content (AvgIpc) is 2.52. The molecule has 0 saturated heterocycles. The Labute approximate surface area is 129 Å². The average molecular weight is 296 g/mol. The van der Waals surface area contributed by atoms with Crippen molar-refractivity contribution in [1.82, 2.24) is 4.98 Å². The number of hydrogen-bond donors (Lipinski definition) is 0. The Morgan fingerprint density at radius 1 is 1.33 bits per heavy atom. The summed E-state index contributed by atoms with van der Waals surface area (Å²) in [6.07, 6.45) is 3.91. The van der Waals surface area contributed by atoms with Crippen LogP contribution in [0.4, 0.5) is 0 Å². The highest BCUT2D eigenvalue weighted by Crippen LogP contribution is 2.40. The number of rotatable bonds is 2. The highest BCUT2D eigenvalue weighted by Gasteiger charge is 2.24. The van der Waals surface area contributed by atoms with Crippen molar-refractivity contribution >= 4 is 11.8 Å². The van der Waals surface area contributed by atoms with E-state index in [1.54, 1.807) is 18.9 Å². The van der Waals surface area contributed by atoms with Crippen molar-refractivity contribution in [2.24, 2.45) is 0 Å². The van der Waals surface area contributed by atoms with Crippen LogP contribution in [0.2, 0.25) is 0 Å². The van der Waals surface area contributed by atoms with Gasteiger partial charge < -0.3 is 4.74 Å². The molecule has 0 unspecified atom stereocenters. The standard InChI is InChI=1S/C17H16N2OS/c1-10-15(9-18)17(21-3)14-6-4-11-8-12(20-2)5-7-13(11)16(14)19-10/h5,7-8H,4,6H2,1-3H3. The fourth-order valence-electron chi connectivity index (χ4n) is 2.92. The third-order valence-electron chi connectivity index (χ3n) is 3.96. The first-order chi connectivity index (χ1) is 10.2. The Balaban J connectivity index is 2.26. The Morgan fingerprint density at radius 3 is 2.81 bits per heavy atom. The summed E-state index contributed by atoms with van der Waals surface area (Å²) in [5.41, 5.74) is 6.20. The van der Waals surface area contributed by atoms with Crippen LogP contribution in [0.15, 0.2) is 23.1 Å². The number of methoxy groups -OCH3 is 1. The maximum Gasteiger partial charge on any atom is 0.119 e. The van der Waals surface area contributed by atoms with Crippen molar-refractivity contribution in [2.75, 3.05) is 13.4 Å². The van der Waals surface area contributed by atoms with Crippen LogP contribution in [0.25, 0.3) is 11.3 Å². The van der Waals surface area contributed by atoms with E-state index in [0.29, 0.717) is 0 Å².